The summed E-state index contributed by atoms with van der Waals surface area (Å²) in [5.41, 5.74) is 1.02. The van der Waals surface area contributed by atoms with Crippen molar-refractivity contribution in [3.8, 4) is 11.4 Å². The molecule has 0 saturated heterocycles. The zero-order chi connectivity index (χ0) is 18.5. The SMILES string of the molecule is C=CCn1c(SCn2cc([N+](=O)[O-])cn2)nnc1-c1csc(CCC)c1. The van der Waals surface area contributed by atoms with E-state index in [2.05, 4.69) is 40.2 Å². The maximum absolute atomic E-state index is 10.7. The van der Waals surface area contributed by atoms with Crippen molar-refractivity contribution in [3.05, 3.63) is 51.5 Å². The van der Waals surface area contributed by atoms with Crippen LogP contribution in [0.5, 0.6) is 0 Å². The van der Waals surface area contributed by atoms with Gasteiger partial charge in [-0.25, -0.2) is 0 Å². The Morgan fingerprint density at radius 2 is 2.31 bits per heavy atom. The molecule has 0 aliphatic carbocycles. The molecule has 0 radical (unpaired) electrons. The van der Waals surface area contributed by atoms with Gasteiger partial charge in [-0.3, -0.25) is 19.4 Å². The van der Waals surface area contributed by atoms with Crippen LogP contribution in [0.15, 0.2) is 41.7 Å². The molecule has 3 heterocycles. The highest BCUT2D eigenvalue weighted by atomic mass is 32.2. The summed E-state index contributed by atoms with van der Waals surface area (Å²) in [6, 6.07) is 2.16. The van der Waals surface area contributed by atoms with Gasteiger partial charge in [-0.15, -0.1) is 28.1 Å². The minimum atomic E-state index is -0.461. The molecule has 0 bridgehead atoms. The van der Waals surface area contributed by atoms with E-state index < -0.39 is 4.92 Å². The third kappa shape index (κ3) is 4.02. The van der Waals surface area contributed by atoms with Crippen LogP contribution in [0.25, 0.3) is 11.4 Å². The number of rotatable bonds is 9. The predicted octanol–water partition coefficient (Wildman–Crippen LogP) is 4.00. The molecule has 26 heavy (non-hydrogen) atoms. The van der Waals surface area contributed by atoms with Gasteiger partial charge in [0.25, 0.3) is 0 Å². The quantitative estimate of drug-likeness (QED) is 0.237. The van der Waals surface area contributed by atoms with Gasteiger partial charge in [-0.05, 0) is 12.5 Å². The van der Waals surface area contributed by atoms with Gasteiger partial charge in [0, 0.05) is 22.4 Å². The molecule has 8 nitrogen and oxygen atoms in total. The third-order valence-corrected chi connectivity index (χ3v) is 5.54. The number of nitro groups is 1. The summed E-state index contributed by atoms with van der Waals surface area (Å²) in [7, 11) is 0. The second kappa shape index (κ2) is 8.28. The average molecular weight is 390 g/mol. The maximum atomic E-state index is 10.7. The Labute approximate surface area is 158 Å². The van der Waals surface area contributed by atoms with Gasteiger partial charge in [0.1, 0.15) is 12.4 Å². The lowest BCUT2D eigenvalue weighted by Crippen LogP contribution is -2.02. The predicted molar refractivity (Wildman–Crippen MR) is 102 cm³/mol. The number of thioether (sulfide) groups is 1. The van der Waals surface area contributed by atoms with Crippen molar-refractivity contribution in [2.24, 2.45) is 0 Å². The summed E-state index contributed by atoms with van der Waals surface area (Å²) in [4.78, 5) is 11.6. The average Bonchev–Trinajstić information content (AvgIpc) is 3.33. The molecule has 0 unspecified atom stereocenters. The fourth-order valence-electron chi connectivity index (χ4n) is 2.42. The maximum Gasteiger partial charge on any atom is 0.307 e. The molecule has 3 aromatic heterocycles. The first-order chi connectivity index (χ1) is 12.6. The van der Waals surface area contributed by atoms with Gasteiger partial charge in [-0.2, -0.15) is 5.10 Å². The van der Waals surface area contributed by atoms with Crippen molar-refractivity contribution in [1.29, 1.82) is 0 Å². The van der Waals surface area contributed by atoms with Crippen LogP contribution in [0.1, 0.15) is 18.2 Å². The highest BCUT2D eigenvalue weighted by molar-refractivity contribution is 7.98. The zero-order valence-corrected chi connectivity index (χ0v) is 15.9. The second-order valence-electron chi connectivity index (χ2n) is 5.53. The lowest BCUT2D eigenvalue weighted by molar-refractivity contribution is -0.385. The van der Waals surface area contributed by atoms with Crippen LogP contribution in [0.2, 0.25) is 0 Å². The number of hydrogen-bond acceptors (Lipinski definition) is 7. The molecule has 0 N–H and O–H groups in total. The first-order valence-corrected chi connectivity index (χ1v) is 9.90. The van der Waals surface area contributed by atoms with Gasteiger partial charge in [0.15, 0.2) is 11.0 Å². The first kappa shape index (κ1) is 18.3. The number of nitrogens with zero attached hydrogens (tertiary/aromatic N) is 6. The highest BCUT2D eigenvalue weighted by Gasteiger charge is 2.16. The Morgan fingerprint density at radius 1 is 1.46 bits per heavy atom. The van der Waals surface area contributed by atoms with E-state index in [1.54, 1.807) is 17.4 Å². The van der Waals surface area contributed by atoms with Crippen LogP contribution >= 0.6 is 23.1 Å². The fourth-order valence-corrected chi connectivity index (χ4v) is 4.19. The molecule has 0 atom stereocenters. The van der Waals surface area contributed by atoms with Gasteiger partial charge >= 0.3 is 5.69 Å². The molecule has 0 aromatic carbocycles. The molecule has 3 aromatic rings. The van der Waals surface area contributed by atoms with Crippen molar-refractivity contribution in [3.63, 3.8) is 0 Å². The molecule has 10 heteroatoms. The number of allylic oxidation sites excluding steroid dienone is 1. The van der Waals surface area contributed by atoms with E-state index >= 15 is 0 Å². The van der Waals surface area contributed by atoms with Crippen LogP contribution in [-0.4, -0.2) is 29.5 Å². The number of aromatic nitrogens is 5. The van der Waals surface area contributed by atoms with Crippen molar-refractivity contribution in [1.82, 2.24) is 24.5 Å². The molecule has 136 valence electrons. The van der Waals surface area contributed by atoms with Gasteiger partial charge in [-0.1, -0.05) is 31.2 Å². The topological polar surface area (TPSA) is 91.7 Å². The van der Waals surface area contributed by atoms with Gasteiger partial charge in [0.05, 0.1) is 10.8 Å². The Balaban J connectivity index is 1.79. The smallest absolute Gasteiger partial charge is 0.298 e. The highest BCUT2D eigenvalue weighted by Crippen LogP contribution is 2.29. The summed E-state index contributed by atoms with van der Waals surface area (Å²) >= 11 is 3.15. The third-order valence-electron chi connectivity index (χ3n) is 3.59. The van der Waals surface area contributed by atoms with Gasteiger partial charge in [0.2, 0.25) is 0 Å². The summed E-state index contributed by atoms with van der Waals surface area (Å²) in [6.45, 7) is 6.56. The Kier molecular flexibility index (Phi) is 5.84. The van der Waals surface area contributed by atoms with Crippen LogP contribution in [0.4, 0.5) is 5.69 Å². The van der Waals surface area contributed by atoms with E-state index in [-0.39, 0.29) is 5.69 Å². The van der Waals surface area contributed by atoms with Crippen molar-refractivity contribution in [2.45, 2.75) is 37.3 Å². The minimum absolute atomic E-state index is 0.0272. The Hall–Kier alpha value is -2.46. The first-order valence-electron chi connectivity index (χ1n) is 8.04. The minimum Gasteiger partial charge on any atom is -0.298 e. The molecule has 0 saturated carbocycles. The summed E-state index contributed by atoms with van der Waals surface area (Å²) in [5, 5.41) is 26.2. The lowest BCUT2D eigenvalue weighted by Gasteiger charge is -2.06. The van der Waals surface area contributed by atoms with E-state index in [1.165, 1.54) is 33.7 Å². The largest absolute Gasteiger partial charge is 0.307 e. The standard InChI is InChI=1S/C16H18N6O2S2/c1-3-5-14-7-12(10-25-14)15-18-19-16(21(15)6-4-2)26-11-20-9-13(8-17-20)22(23)24/h4,7-10H,2-3,5-6,11H2,1H3. The van der Waals surface area contributed by atoms with Crippen LogP contribution in [-0.2, 0) is 18.8 Å². The van der Waals surface area contributed by atoms with E-state index in [4.69, 9.17) is 0 Å². The molecule has 0 aliphatic rings. The zero-order valence-electron chi connectivity index (χ0n) is 14.2. The molecular weight excluding hydrogens is 372 g/mol. The monoisotopic (exact) mass is 390 g/mol. The van der Waals surface area contributed by atoms with E-state index in [9.17, 15) is 10.1 Å². The van der Waals surface area contributed by atoms with Crippen molar-refractivity contribution in [2.75, 3.05) is 0 Å². The molecule has 3 rings (SSSR count). The summed E-state index contributed by atoms with van der Waals surface area (Å²) in [6.07, 6.45) is 6.60. The number of thiophene rings is 1. The summed E-state index contributed by atoms with van der Waals surface area (Å²) < 4.78 is 3.51. The molecule has 0 spiro atoms. The molecule has 0 amide bonds. The normalized spacial score (nSPS) is 11.0. The van der Waals surface area contributed by atoms with E-state index in [1.807, 2.05) is 4.57 Å². The van der Waals surface area contributed by atoms with Crippen molar-refractivity contribution < 1.29 is 4.92 Å². The Bertz CT molecular complexity index is 914. The second-order valence-corrected chi connectivity index (χ2v) is 7.43. The molecule has 0 aliphatic heterocycles. The van der Waals surface area contributed by atoms with Crippen LogP contribution in [0, 0.1) is 10.1 Å². The summed E-state index contributed by atoms with van der Waals surface area (Å²) in [5.74, 6) is 1.21. The lowest BCUT2D eigenvalue weighted by atomic mass is 10.2. The van der Waals surface area contributed by atoms with E-state index in [0.717, 1.165) is 29.4 Å². The molecule has 0 fully saturated rings. The van der Waals surface area contributed by atoms with Crippen LogP contribution < -0.4 is 0 Å². The fraction of sp³-hybridized carbons (Fsp3) is 0.312. The van der Waals surface area contributed by atoms with Crippen LogP contribution in [0.3, 0.4) is 0 Å². The number of aryl methyl sites for hydroxylation is 1. The number of hydrogen-bond donors (Lipinski definition) is 0. The van der Waals surface area contributed by atoms with Gasteiger partial charge < -0.3 is 0 Å². The van der Waals surface area contributed by atoms with Crippen molar-refractivity contribution >= 4 is 28.8 Å². The molecular formula is C16H18N6O2S2. The van der Waals surface area contributed by atoms with E-state index in [0.29, 0.717) is 12.4 Å². The Morgan fingerprint density at radius 3 is 3.00 bits per heavy atom.